The first kappa shape index (κ1) is 24.7. The molecule has 1 fully saturated rings. The van der Waals surface area contributed by atoms with Crippen LogP contribution in [0.1, 0.15) is 36.2 Å². The fourth-order valence-corrected chi connectivity index (χ4v) is 5.21. The van der Waals surface area contributed by atoms with E-state index in [1.165, 1.54) is 16.7 Å². The molecule has 2 N–H and O–H groups in total. The van der Waals surface area contributed by atoms with Crippen LogP contribution in [0.15, 0.2) is 90.1 Å². The van der Waals surface area contributed by atoms with Crippen molar-refractivity contribution in [3.63, 3.8) is 0 Å². The minimum absolute atomic E-state index is 0.0444. The lowest BCUT2D eigenvalue weighted by Crippen LogP contribution is -2.35. The van der Waals surface area contributed by atoms with Gasteiger partial charge in [0.05, 0.1) is 18.4 Å². The first-order valence-electron chi connectivity index (χ1n) is 13.1. The number of carbonyl (C=O) groups excluding carboxylic acids is 1. The van der Waals surface area contributed by atoms with Gasteiger partial charge in [-0.3, -0.25) is 24.1 Å². The summed E-state index contributed by atoms with van der Waals surface area (Å²) in [6.45, 7) is 0.185. The summed E-state index contributed by atoms with van der Waals surface area (Å²) in [7, 11) is 0. The van der Waals surface area contributed by atoms with Gasteiger partial charge in [-0.15, -0.1) is 0 Å². The summed E-state index contributed by atoms with van der Waals surface area (Å²) < 4.78 is 14.9. The number of fused-ring (bicyclic) bond motifs is 1. The Balaban J connectivity index is 1.22. The number of halogens is 1. The summed E-state index contributed by atoms with van der Waals surface area (Å²) in [5.74, 6) is -0.524. The van der Waals surface area contributed by atoms with Gasteiger partial charge in [0.25, 0.3) is 5.56 Å². The van der Waals surface area contributed by atoms with Crippen LogP contribution in [0.2, 0.25) is 0 Å². The highest BCUT2D eigenvalue weighted by Crippen LogP contribution is 2.51. The van der Waals surface area contributed by atoms with E-state index in [-0.39, 0.29) is 29.2 Å². The Hall–Kier alpha value is -4.59. The summed E-state index contributed by atoms with van der Waals surface area (Å²) in [6, 6.07) is 20.0. The second kappa shape index (κ2) is 10.3. The van der Waals surface area contributed by atoms with E-state index in [4.69, 9.17) is 0 Å². The number of pyridine rings is 1. The predicted molar refractivity (Wildman–Crippen MR) is 148 cm³/mol. The van der Waals surface area contributed by atoms with Gasteiger partial charge >= 0.3 is 0 Å². The first-order chi connectivity index (χ1) is 19.0. The second-order valence-corrected chi connectivity index (χ2v) is 10.2. The van der Waals surface area contributed by atoms with E-state index >= 15 is 0 Å². The van der Waals surface area contributed by atoms with Gasteiger partial charge in [0.15, 0.2) is 0 Å². The Kier molecular flexibility index (Phi) is 6.52. The van der Waals surface area contributed by atoms with Crippen molar-refractivity contribution >= 4 is 16.8 Å². The number of aromatic amines is 1. The number of nitrogens with one attached hydrogen (secondary N) is 2. The zero-order valence-electron chi connectivity index (χ0n) is 21.4. The molecule has 0 radical (unpaired) electrons. The van der Waals surface area contributed by atoms with Gasteiger partial charge < -0.3 is 10.3 Å². The van der Waals surface area contributed by atoms with Crippen LogP contribution in [0, 0.1) is 5.82 Å². The van der Waals surface area contributed by atoms with Gasteiger partial charge in [0.2, 0.25) is 5.91 Å². The summed E-state index contributed by atoms with van der Waals surface area (Å²) in [5, 5.41) is 3.89. The number of aromatic nitrogens is 4. The molecule has 1 saturated carbocycles. The van der Waals surface area contributed by atoms with Crippen molar-refractivity contribution in [2.75, 3.05) is 0 Å². The lowest BCUT2D eigenvalue weighted by atomic mass is 9.90. The molecule has 1 aliphatic rings. The Morgan fingerprint density at radius 1 is 1.05 bits per heavy atom. The molecule has 39 heavy (non-hydrogen) atoms. The molecule has 7 nitrogen and oxygen atoms in total. The van der Waals surface area contributed by atoms with Crippen molar-refractivity contribution in [1.82, 2.24) is 24.8 Å². The first-order valence-corrected chi connectivity index (χ1v) is 13.1. The number of amides is 1. The average Bonchev–Trinajstić information content (AvgIpc) is 3.63. The average molecular weight is 522 g/mol. The molecule has 3 aromatic heterocycles. The molecule has 0 unspecified atom stereocenters. The molecule has 2 aromatic carbocycles. The molecule has 1 aliphatic carbocycles. The molecule has 5 aromatic rings. The van der Waals surface area contributed by atoms with E-state index in [2.05, 4.69) is 20.3 Å². The van der Waals surface area contributed by atoms with Gasteiger partial charge in [-0.1, -0.05) is 42.5 Å². The highest BCUT2D eigenvalue weighted by molar-refractivity contribution is 5.80. The van der Waals surface area contributed by atoms with Crippen molar-refractivity contribution in [3.05, 3.63) is 118 Å². The molecular weight excluding hydrogens is 493 g/mol. The number of rotatable bonds is 9. The summed E-state index contributed by atoms with van der Waals surface area (Å²) >= 11 is 0. The van der Waals surface area contributed by atoms with Crippen LogP contribution in [0.3, 0.4) is 0 Å². The normalized spacial score (nSPS) is 13.9. The Morgan fingerprint density at radius 2 is 1.85 bits per heavy atom. The van der Waals surface area contributed by atoms with E-state index < -0.39 is 0 Å². The number of aryl methyl sites for hydroxylation is 1. The maximum Gasteiger partial charge on any atom is 0.273 e. The number of benzene rings is 2. The molecule has 3 heterocycles. The van der Waals surface area contributed by atoms with E-state index in [1.807, 2.05) is 54.6 Å². The smallest absolute Gasteiger partial charge is 0.273 e. The lowest BCUT2D eigenvalue weighted by Gasteiger charge is -2.17. The van der Waals surface area contributed by atoms with Crippen LogP contribution >= 0.6 is 0 Å². The number of hydrogen-bond donors (Lipinski definition) is 2. The molecule has 0 bridgehead atoms. The molecule has 0 spiro atoms. The molecule has 8 heteroatoms. The number of H-pyrrole nitrogens is 1. The standard InChI is InChI=1S/C31H28FN5O2/c32-24-8-6-23(7-9-24)31(13-14-31)12-10-27-30(39)37(28(19-34-27)21-4-2-1-3-5-21)20-29(38)35-18-25-16-22-17-33-15-11-26(22)36-25/h1-9,11,15-17,19,36H,10,12-14,18,20H2,(H,35,38). The molecule has 0 aliphatic heterocycles. The van der Waals surface area contributed by atoms with Crippen LogP contribution in [0.5, 0.6) is 0 Å². The number of carbonyl (C=O) groups is 1. The van der Waals surface area contributed by atoms with Crippen molar-refractivity contribution in [1.29, 1.82) is 0 Å². The van der Waals surface area contributed by atoms with Gasteiger partial charge in [0.1, 0.15) is 18.1 Å². The monoisotopic (exact) mass is 521 g/mol. The van der Waals surface area contributed by atoms with Crippen molar-refractivity contribution < 1.29 is 9.18 Å². The largest absolute Gasteiger partial charge is 0.357 e. The highest BCUT2D eigenvalue weighted by atomic mass is 19.1. The molecular formula is C31H28FN5O2. The van der Waals surface area contributed by atoms with Crippen LogP contribution in [-0.4, -0.2) is 25.4 Å². The lowest BCUT2D eigenvalue weighted by molar-refractivity contribution is -0.121. The van der Waals surface area contributed by atoms with Crippen LogP contribution in [-0.2, 0) is 29.7 Å². The highest BCUT2D eigenvalue weighted by Gasteiger charge is 2.43. The van der Waals surface area contributed by atoms with Gasteiger partial charge in [0, 0.05) is 29.0 Å². The molecule has 0 saturated heterocycles. The van der Waals surface area contributed by atoms with E-state index in [1.54, 1.807) is 18.6 Å². The van der Waals surface area contributed by atoms with Crippen molar-refractivity contribution in [2.45, 2.75) is 44.2 Å². The molecule has 6 rings (SSSR count). The van der Waals surface area contributed by atoms with Crippen LogP contribution in [0.4, 0.5) is 4.39 Å². The fourth-order valence-electron chi connectivity index (χ4n) is 5.21. The Bertz CT molecular complexity index is 1660. The zero-order valence-corrected chi connectivity index (χ0v) is 21.4. The molecule has 0 atom stereocenters. The summed E-state index contributed by atoms with van der Waals surface area (Å²) in [6.07, 6.45) is 8.39. The third-order valence-electron chi connectivity index (χ3n) is 7.60. The van der Waals surface area contributed by atoms with Crippen molar-refractivity contribution in [3.8, 4) is 11.3 Å². The Morgan fingerprint density at radius 3 is 2.59 bits per heavy atom. The molecule has 196 valence electrons. The number of nitrogens with zero attached hydrogens (tertiary/aromatic N) is 3. The zero-order chi connectivity index (χ0) is 26.8. The summed E-state index contributed by atoms with van der Waals surface area (Å²) in [4.78, 5) is 38.6. The fraction of sp³-hybridized carbons (Fsp3) is 0.226. The van der Waals surface area contributed by atoms with Gasteiger partial charge in [-0.05, 0) is 66.5 Å². The van der Waals surface area contributed by atoms with Crippen molar-refractivity contribution in [2.24, 2.45) is 0 Å². The summed E-state index contributed by atoms with van der Waals surface area (Å²) in [5.41, 5.74) is 4.43. The van der Waals surface area contributed by atoms with E-state index in [9.17, 15) is 14.0 Å². The minimum Gasteiger partial charge on any atom is -0.357 e. The van der Waals surface area contributed by atoms with E-state index in [0.717, 1.165) is 47.0 Å². The van der Waals surface area contributed by atoms with Crippen LogP contribution in [0.25, 0.3) is 22.2 Å². The Labute approximate surface area is 224 Å². The van der Waals surface area contributed by atoms with Gasteiger partial charge in [-0.2, -0.15) is 0 Å². The number of hydrogen-bond acceptors (Lipinski definition) is 4. The van der Waals surface area contributed by atoms with Crippen LogP contribution < -0.4 is 10.9 Å². The molecule has 1 amide bonds. The van der Waals surface area contributed by atoms with Gasteiger partial charge in [-0.25, -0.2) is 4.39 Å². The predicted octanol–water partition coefficient (Wildman–Crippen LogP) is 4.91. The SMILES string of the molecule is O=C(Cn1c(-c2ccccc2)cnc(CCC2(c3ccc(F)cc3)CC2)c1=O)NCc1cc2cnccc2[nH]1. The quantitative estimate of drug-likeness (QED) is 0.288. The topological polar surface area (TPSA) is 92.7 Å². The second-order valence-electron chi connectivity index (χ2n) is 10.2. The third-order valence-corrected chi connectivity index (χ3v) is 7.60. The maximum atomic E-state index is 13.7. The third kappa shape index (κ3) is 5.23. The van der Waals surface area contributed by atoms with E-state index in [0.29, 0.717) is 24.4 Å². The minimum atomic E-state index is -0.270. The maximum absolute atomic E-state index is 13.7.